The molecule has 1 aromatic rings. The largest absolute Gasteiger partial charge is 0.493 e. The van der Waals surface area contributed by atoms with Crippen LogP contribution in [0.25, 0.3) is 0 Å². The number of carbonyl (C=O) groups excluding carboxylic acids is 1. The van der Waals surface area contributed by atoms with Crippen molar-refractivity contribution in [3.8, 4) is 11.5 Å². The van der Waals surface area contributed by atoms with Gasteiger partial charge in [0.1, 0.15) is 0 Å². The van der Waals surface area contributed by atoms with Gasteiger partial charge in [-0.3, -0.25) is 4.79 Å². The average Bonchev–Trinajstić information content (AvgIpc) is 2.37. The topological polar surface area (TPSA) is 73.6 Å². The first-order valence-electron chi connectivity index (χ1n) is 5.48. The average molecular weight is 250 g/mol. The third-order valence-corrected chi connectivity index (χ3v) is 2.51. The Labute approximate surface area is 107 Å². The van der Waals surface area contributed by atoms with Crippen LogP contribution in [0, 0.1) is 0 Å². The molecule has 0 heterocycles. The highest BCUT2D eigenvalue weighted by Gasteiger charge is 2.15. The molecule has 0 spiro atoms. The van der Waals surface area contributed by atoms with Crippen LogP contribution >= 0.6 is 0 Å². The minimum atomic E-state index is -0.277. The number of carbonyl (C=O) groups is 1. The SMILES string of the molecule is C=CC(C)NC(=O)c1cc(OC)c(OC)cc1N. The van der Waals surface area contributed by atoms with E-state index in [2.05, 4.69) is 11.9 Å². The first-order chi connectivity index (χ1) is 8.53. The molecule has 0 aliphatic heterocycles. The van der Waals surface area contributed by atoms with E-state index in [1.165, 1.54) is 14.2 Å². The van der Waals surface area contributed by atoms with Crippen molar-refractivity contribution in [1.82, 2.24) is 5.32 Å². The molecule has 0 aliphatic rings. The summed E-state index contributed by atoms with van der Waals surface area (Å²) in [4.78, 5) is 12.0. The lowest BCUT2D eigenvalue weighted by Gasteiger charge is -2.14. The third-order valence-electron chi connectivity index (χ3n) is 2.51. The summed E-state index contributed by atoms with van der Waals surface area (Å²) in [5.41, 5.74) is 6.50. The van der Waals surface area contributed by atoms with E-state index in [1.807, 2.05) is 6.92 Å². The van der Waals surface area contributed by atoms with Gasteiger partial charge in [0.2, 0.25) is 0 Å². The van der Waals surface area contributed by atoms with Gasteiger partial charge in [-0.2, -0.15) is 0 Å². The number of ether oxygens (including phenoxy) is 2. The second-order valence-corrected chi connectivity index (χ2v) is 3.79. The Morgan fingerprint density at radius 1 is 1.39 bits per heavy atom. The second kappa shape index (κ2) is 5.95. The zero-order valence-corrected chi connectivity index (χ0v) is 10.8. The molecule has 0 saturated carbocycles. The van der Waals surface area contributed by atoms with Crippen molar-refractivity contribution in [2.75, 3.05) is 20.0 Å². The summed E-state index contributed by atoms with van der Waals surface area (Å²) >= 11 is 0. The molecule has 0 radical (unpaired) electrons. The smallest absolute Gasteiger partial charge is 0.253 e. The Morgan fingerprint density at radius 3 is 2.44 bits per heavy atom. The molecule has 18 heavy (non-hydrogen) atoms. The van der Waals surface area contributed by atoms with Crippen LogP contribution in [-0.2, 0) is 0 Å². The minimum Gasteiger partial charge on any atom is -0.493 e. The summed E-state index contributed by atoms with van der Waals surface area (Å²) < 4.78 is 10.2. The number of amides is 1. The van der Waals surface area contributed by atoms with E-state index >= 15 is 0 Å². The quantitative estimate of drug-likeness (QED) is 0.615. The number of nitrogens with one attached hydrogen (secondary N) is 1. The van der Waals surface area contributed by atoms with Gasteiger partial charge in [0, 0.05) is 17.8 Å². The standard InChI is InChI=1S/C13H18N2O3/c1-5-8(2)15-13(16)9-6-11(17-3)12(18-4)7-10(9)14/h5-8H,1,14H2,2-4H3,(H,15,16). The van der Waals surface area contributed by atoms with E-state index in [4.69, 9.17) is 15.2 Å². The van der Waals surface area contributed by atoms with Gasteiger partial charge in [0.05, 0.1) is 19.8 Å². The Kier molecular flexibility index (Phi) is 4.59. The van der Waals surface area contributed by atoms with Gasteiger partial charge in [-0.05, 0) is 13.0 Å². The number of hydrogen-bond acceptors (Lipinski definition) is 4. The molecular formula is C13H18N2O3. The second-order valence-electron chi connectivity index (χ2n) is 3.79. The lowest BCUT2D eigenvalue weighted by molar-refractivity contribution is 0.0947. The number of benzene rings is 1. The third kappa shape index (κ3) is 2.94. The molecule has 5 heteroatoms. The van der Waals surface area contributed by atoms with Gasteiger partial charge in [-0.1, -0.05) is 6.08 Å². The van der Waals surface area contributed by atoms with Gasteiger partial charge in [0.15, 0.2) is 11.5 Å². The van der Waals surface area contributed by atoms with Crippen LogP contribution in [0.4, 0.5) is 5.69 Å². The molecule has 1 aromatic carbocycles. The van der Waals surface area contributed by atoms with Crippen molar-refractivity contribution in [3.63, 3.8) is 0 Å². The van der Waals surface area contributed by atoms with E-state index in [1.54, 1.807) is 18.2 Å². The fourth-order valence-corrected chi connectivity index (χ4v) is 1.43. The molecule has 1 atom stereocenters. The summed E-state index contributed by atoms with van der Waals surface area (Å²) in [6.45, 7) is 5.42. The maximum Gasteiger partial charge on any atom is 0.253 e. The fourth-order valence-electron chi connectivity index (χ4n) is 1.43. The number of rotatable bonds is 5. The highest BCUT2D eigenvalue weighted by molar-refractivity contribution is 6.00. The molecule has 0 fully saturated rings. The summed E-state index contributed by atoms with van der Waals surface area (Å²) in [6.07, 6.45) is 1.63. The van der Waals surface area contributed by atoms with Crippen LogP contribution in [0.15, 0.2) is 24.8 Å². The van der Waals surface area contributed by atoms with Crippen LogP contribution in [0.1, 0.15) is 17.3 Å². The van der Waals surface area contributed by atoms with E-state index < -0.39 is 0 Å². The van der Waals surface area contributed by atoms with Gasteiger partial charge in [-0.15, -0.1) is 6.58 Å². The number of nitrogens with two attached hydrogens (primary N) is 1. The number of hydrogen-bond donors (Lipinski definition) is 2. The lowest BCUT2D eigenvalue weighted by atomic mass is 10.1. The number of methoxy groups -OCH3 is 2. The molecule has 0 aliphatic carbocycles. The predicted octanol–water partition coefficient (Wildman–Crippen LogP) is 1.59. The summed E-state index contributed by atoms with van der Waals surface area (Å²) in [5, 5.41) is 2.74. The van der Waals surface area contributed by atoms with Crippen molar-refractivity contribution >= 4 is 11.6 Å². The molecule has 0 aromatic heterocycles. The number of nitrogen functional groups attached to an aromatic ring is 1. The Balaban J connectivity index is 3.09. The van der Waals surface area contributed by atoms with E-state index in [9.17, 15) is 4.79 Å². The van der Waals surface area contributed by atoms with Crippen molar-refractivity contribution in [2.24, 2.45) is 0 Å². The molecule has 1 unspecified atom stereocenters. The minimum absolute atomic E-state index is 0.134. The van der Waals surface area contributed by atoms with Crippen molar-refractivity contribution in [2.45, 2.75) is 13.0 Å². The van der Waals surface area contributed by atoms with E-state index in [-0.39, 0.29) is 11.9 Å². The highest BCUT2D eigenvalue weighted by atomic mass is 16.5. The van der Waals surface area contributed by atoms with Crippen LogP contribution in [0.5, 0.6) is 11.5 Å². The zero-order valence-electron chi connectivity index (χ0n) is 10.8. The first kappa shape index (κ1) is 13.9. The van der Waals surface area contributed by atoms with E-state index in [0.29, 0.717) is 22.7 Å². The molecule has 0 saturated heterocycles. The molecule has 98 valence electrons. The van der Waals surface area contributed by atoms with Crippen LogP contribution in [0.2, 0.25) is 0 Å². The normalized spacial score (nSPS) is 11.5. The zero-order chi connectivity index (χ0) is 13.7. The summed E-state index contributed by atoms with van der Waals surface area (Å²) in [5.74, 6) is 0.673. The Bertz CT molecular complexity index is 458. The lowest BCUT2D eigenvalue weighted by Crippen LogP contribution is -2.31. The van der Waals surface area contributed by atoms with Crippen LogP contribution < -0.4 is 20.5 Å². The predicted molar refractivity (Wildman–Crippen MR) is 71.1 cm³/mol. The molecular weight excluding hydrogens is 232 g/mol. The molecule has 1 amide bonds. The van der Waals surface area contributed by atoms with Gasteiger partial charge < -0.3 is 20.5 Å². The molecule has 3 N–H and O–H groups in total. The molecule has 1 rings (SSSR count). The Hall–Kier alpha value is -2.17. The fraction of sp³-hybridized carbons (Fsp3) is 0.308. The van der Waals surface area contributed by atoms with Crippen molar-refractivity contribution < 1.29 is 14.3 Å². The summed E-state index contributed by atoms with van der Waals surface area (Å²) in [6, 6.07) is 2.98. The summed E-state index contributed by atoms with van der Waals surface area (Å²) in [7, 11) is 3.01. The Morgan fingerprint density at radius 2 is 1.94 bits per heavy atom. The maximum atomic E-state index is 12.0. The van der Waals surface area contributed by atoms with Crippen molar-refractivity contribution in [1.29, 1.82) is 0 Å². The van der Waals surface area contributed by atoms with Crippen molar-refractivity contribution in [3.05, 3.63) is 30.4 Å². The van der Waals surface area contributed by atoms with Gasteiger partial charge in [-0.25, -0.2) is 0 Å². The van der Waals surface area contributed by atoms with E-state index in [0.717, 1.165) is 0 Å². The van der Waals surface area contributed by atoms with Crippen LogP contribution in [0.3, 0.4) is 0 Å². The molecule has 5 nitrogen and oxygen atoms in total. The number of anilines is 1. The first-order valence-corrected chi connectivity index (χ1v) is 5.48. The highest BCUT2D eigenvalue weighted by Crippen LogP contribution is 2.31. The van der Waals surface area contributed by atoms with Gasteiger partial charge >= 0.3 is 0 Å². The monoisotopic (exact) mass is 250 g/mol. The van der Waals surface area contributed by atoms with Crippen LogP contribution in [-0.4, -0.2) is 26.2 Å². The molecule has 0 bridgehead atoms. The maximum absolute atomic E-state index is 12.0. The van der Waals surface area contributed by atoms with Gasteiger partial charge in [0.25, 0.3) is 5.91 Å².